The van der Waals surface area contributed by atoms with Gasteiger partial charge in [0.25, 0.3) is 0 Å². The summed E-state index contributed by atoms with van der Waals surface area (Å²) in [6.07, 6.45) is 0.0305. The number of rotatable bonds is 9. The van der Waals surface area contributed by atoms with Gasteiger partial charge in [-0.3, -0.25) is 4.79 Å². The number of hydrogen-bond donors (Lipinski definition) is 1. The summed E-state index contributed by atoms with van der Waals surface area (Å²) in [6.45, 7) is 11.1. The molecule has 0 saturated heterocycles. The lowest BCUT2D eigenvalue weighted by molar-refractivity contribution is -0.143. The van der Waals surface area contributed by atoms with E-state index in [1.54, 1.807) is 6.92 Å². The van der Waals surface area contributed by atoms with Gasteiger partial charge in [-0.1, -0.05) is 0 Å². The fraction of sp³-hybridized carbons (Fsp3) is 0.923. The molecule has 5 heteroatoms. The van der Waals surface area contributed by atoms with Crippen LogP contribution in [0, 0.1) is 5.92 Å². The second-order valence-corrected chi connectivity index (χ2v) is 5.43. The molecule has 0 rings (SSSR count). The summed E-state index contributed by atoms with van der Waals surface area (Å²) in [7, 11) is 0. The van der Waals surface area contributed by atoms with E-state index in [2.05, 4.69) is 0 Å². The molecule has 0 amide bonds. The first kappa shape index (κ1) is 17.4. The largest absolute Gasteiger partial charge is 0.481 e. The van der Waals surface area contributed by atoms with Crippen LogP contribution in [0.15, 0.2) is 0 Å². The van der Waals surface area contributed by atoms with E-state index >= 15 is 0 Å². The highest BCUT2D eigenvalue weighted by Crippen LogP contribution is 2.10. The number of ether oxygens (including phenoxy) is 3. The van der Waals surface area contributed by atoms with Gasteiger partial charge in [0.1, 0.15) is 0 Å². The van der Waals surface area contributed by atoms with Crippen molar-refractivity contribution in [1.82, 2.24) is 0 Å². The molecule has 18 heavy (non-hydrogen) atoms. The van der Waals surface area contributed by atoms with Crippen molar-refractivity contribution in [2.24, 2.45) is 5.92 Å². The molecule has 0 aromatic heterocycles. The SMILES string of the molecule is CC(COCCOCC(C)C(=O)O)OC(C)(C)C. The molecule has 0 aromatic rings. The summed E-state index contributed by atoms with van der Waals surface area (Å²) in [6, 6.07) is 0. The Balaban J connectivity index is 3.43. The topological polar surface area (TPSA) is 65.0 Å². The Morgan fingerprint density at radius 1 is 1.11 bits per heavy atom. The average molecular weight is 262 g/mol. The van der Waals surface area contributed by atoms with Gasteiger partial charge in [0.15, 0.2) is 0 Å². The monoisotopic (exact) mass is 262 g/mol. The number of carbonyl (C=O) groups is 1. The van der Waals surface area contributed by atoms with Crippen LogP contribution in [0.5, 0.6) is 0 Å². The zero-order valence-corrected chi connectivity index (χ0v) is 12.1. The smallest absolute Gasteiger partial charge is 0.308 e. The van der Waals surface area contributed by atoms with E-state index in [-0.39, 0.29) is 18.3 Å². The molecule has 0 fully saturated rings. The molecule has 2 unspecified atom stereocenters. The molecular formula is C13H26O5. The van der Waals surface area contributed by atoms with Crippen LogP contribution in [-0.4, -0.2) is 49.2 Å². The van der Waals surface area contributed by atoms with Crippen LogP contribution in [0.25, 0.3) is 0 Å². The molecule has 0 heterocycles. The number of aliphatic carboxylic acids is 1. The molecule has 0 aliphatic heterocycles. The van der Waals surface area contributed by atoms with Crippen molar-refractivity contribution in [1.29, 1.82) is 0 Å². The van der Waals surface area contributed by atoms with Gasteiger partial charge in [-0.15, -0.1) is 0 Å². The lowest BCUT2D eigenvalue weighted by Gasteiger charge is -2.24. The van der Waals surface area contributed by atoms with Crippen molar-refractivity contribution in [3.8, 4) is 0 Å². The lowest BCUT2D eigenvalue weighted by Crippen LogP contribution is -2.29. The molecular weight excluding hydrogens is 236 g/mol. The lowest BCUT2D eigenvalue weighted by atomic mass is 10.2. The maximum atomic E-state index is 10.5. The first-order valence-corrected chi connectivity index (χ1v) is 6.28. The highest BCUT2D eigenvalue weighted by atomic mass is 16.6. The van der Waals surface area contributed by atoms with Crippen molar-refractivity contribution < 1.29 is 24.1 Å². The molecule has 1 N–H and O–H groups in total. The van der Waals surface area contributed by atoms with Crippen molar-refractivity contribution in [2.75, 3.05) is 26.4 Å². The minimum absolute atomic E-state index is 0.0305. The Hall–Kier alpha value is -0.650. The second-order valence-electron chi connectivity index (χ2n) is 5.43. The van der Waals surface area contributed by atoms with Crippen molar-refractivity contribution >= 4 is 5.97 Å². The maximum Gasteiger partial charge on any atom is 0.308 e. The van der Waals surface area contributed by atoms with E-state index in [0.29, 0.717) is 19.8 Å². The molecule has 108 valence electrons. The third-order valence-corrected chi connectivity index (χ3v) is 2.07. The number of hydrogen-bond acceptors (Lipinski definition) is 4. The summed E-state index contributed by atoms with van der Waals surface area (Å²) in [5.41, 5.74) is -0.170. The molecule has 0 aliphatic carbocycles. The average Bonchev–Trinajstić information content (AvgIpc) is 2.19. The first-order valence-electron chi connectivity index (χ1n) is 6.28. The molecule has 0 spiro atoms. The Labute approximate surface area is 109 Å². The van der Waals surface area contributed by atoms with E-state index in [0.717, 1.165) is 0 Å². The van der Waals surface area contributed by atoms with E-state index in [9.17, 15) is 4.79 Å². The molecule has 0 saturated carbocycles. The van der Waals surface area contributed by atoms with Gasteiger partial charge < -0.3 is 19.3 Å². The van der Waals surface area contributed by atoms with Gasteiger partial charge in [0.05, 0.1) is 44.1 Å². The van der Waals surface area contributed by atoms with Crippen LogP contribution in [0.2, 0.25) is 0 Å². The van der Waals surface area contributed by atoms with Crippen LogP contribution in [-0.2, 0) is 19.0 Å². The summed E-state index contributed by atoms with van der Waals surface area (Å²) in [4.78, 5) is 10.5. The van der Waals surface area contributed by atoms with Gasteiger partial charge in [0, 0.05) is 0 Å². The summed E-state index contributed by atoms with van der Waals surface area (Å²) >= 11 is 0. The van der Waals surface area contributed by atoms with E-state index in [1.807, 2.05) is 27.7 Å². The Morgan fingerprint density at radius 2 is 1.61 bits per heavy atom. The summed E-state index contributed by atoms with van der Waals surface area (Å²) < 4.78 is 16.2. The van der Waals surface area contributed by atoms with Crippen molar-refractivity contribution in [3.63, 3.8) is 0 Å². The first-order chi connectivity index (χ1) is 8.22. The van der Waals surface area contributed by atoms with Gasteiger partial charge in [-0.2, -0.15) is 0 Å². The third kappa shape index (κ3) is 10.5. The van der Waals surface area contributed by atoms with Crippen LogP contribution >= 0.6 is 0 Å². The Morgan fingerprint density at radius 3 is 2.06 bits per heavy atom. The van der Waals surface area contributed by atoms with E-state index in [4.69, 9.17) is 19.3 Å². The quantitative estimate of drug-likeness (QED) is 0.643. The summed E-state index contributed by atoms with van der Waals surface area (Å²) in [5, 5.41) is 8.64. The third-order valence-electron chi connectivity index (χ3n) is 2.07. The normalized spacial score (nSPS) is 15.4. The van der Waals surface area contributed by atoms with E-state index in [1.165, 1.54) is 0 Å². The van der Waals surface area contributed by atoms with Gasteiger partial charge >= 0.3 is 5.97 Å². The summed E-state index contributed by atoms with van der Waals surface area (Å²) in [5.74, 6) is -1.32. The Kier molecular flexibility index (Phi) is 8.15. The minimum atomic E-state index is -0.844. The fourth-order valence-electron chi connectivity index (χ4n) is 1.34. The maximum absolute atomic E-state index is 10.5. The van der Waals surface area contributed by atoms with Crippen molar-refractivity contribution in [3.05, 3.63) is 0 Å². The van der Waals surface area contributed by atoms with Crippen molar-refractivity contribution in [2.45, 2.75) is 46.3 Å². The fourth-order valence-corrected chi connectivity index (χ4v) is 1.34. The zero-order chi connectivity index (χ0) is 14.2. The second kappa shape index (κ2) is 8.45. The van der Waals surface area contributed by atoms with Crippen LogP contribution < -0.4 is 0 Å². The van der Waals surface area contributed by atoms with Crippen LogP contribution in [0.3, 0.4) is 0 Å². The predicted molar refractivity (Wildman–Crippen MR) is 68.7 cm³/mol. The predicted octanol–water partition coefficient (Wildman–Crippen LogP) is 1.94. The molecule has 0 radical (unpaired) electrons. The van der Waals surface area contributed by atoms with Gasteiger partial charge in [-0.05, 0) is 34.6 Å². The highest BCUT2D eigenvalue weighted by Gasteiger charge is 2.15. The molecule has 0 bridgehead atoms. The van der Waals surface area contributed by atoms with Crippen LogP contribution in [0.4, 0.5) is 0 Å². The minimum Gasteiger partial charge on any atom is -0.481 e. The van der Waals surface area contributed by atoms with Gasteiger partial charge in [0.2, 0.25) is 0 Å². The van der Waals surface area contributed by atoms with E-state index < -0.39 is 11.9 Å². The number of carboxylic acids is 1. The molecule has 5 nitrogen and oxygen atoms in total. The highest BCUT2D eigenvalue weighted by molar-refractivity contribution is 5.69. The molecule has 0 aromatic carbocycles. The standard InChI is InChI=1S/C13H26O5/c1-10(12(14)15)8-16-6-7-17-9-11(2)18-13(3,4)5/h10-11H,6-9H2,1-5H3,(H,14,15). The Bertz CT molecular complexity index is 234. The molecule has 0 aliphatic rings. The zero-order valence-electron chi connectivity index (χ0n) is 12.1. The molecule has 2 atom stereocenters. The number of carboxylic acid groups (broad SMARTS) is 1. The van der Waals surface area contributed by atoms with Gasteiger partial charge in [-0.25, -0.2) is 0 Å². The van der Waals surface area contributed by atoms with Crippen LogP contribution in [0.1, 0.15) is 34.6 Å².